The third-order valence-corrected chi connectivity index (χ3v) is 10.8. The van der Waals surface area contributed by atoms with Crippen molar-refractivity contribution in [2.45, 2.75) is 91.3 Å². The Labute approximate surface area is 348 Å². The molecule has 3 aromatic rings. The number of azo groups is 1. The van der Waals surface area contributed by atoms with Crippen molar-refractivity contribution in [1.82, 2.24) is 10.2 Å². The molecule has 2 heterocycles. The Balaban J connectivity index is 1.07. The molecule has 6 rings (SSSR count). The zero-order chi connectivity index (χ0) is 42.2. The quantitative estimate of drug-likeness (QED) is 0.186. The Morgan fingerprint density at radius 1 is 0.746 bits per heavy atom. The van der Waals surface area contributed by atoms with Crippen LogP contribution in [0.25, 0.3) is 11.1 Å². The molecule has 0 aromatic heterocycles. The van der Waals surface area contributed by atoms with Gasteiger partial charge in [-0.1, -0.05) is 36.4 Å². The minimum absolute atomic E-state index is 0.103. The fourth-order valence-electron chi connectivity index (χ4n) is 7.68. The van der Waals surface area contributed by atoms with E-state index in [1.54, 1.807) is 4.90 Å². The summed E-state index contributed by atoms with van der Waals surface area (Å²) < 4.78 is 10.9. The van der Waals surface area contributed by atoms with E-state index in [2.05, 4.69) is 67.2 Å². The van der Waals surface area contributed by atoms with Crippen molar-refractivity contribution >= 4 is 41.1 Å². The zero-order valence-corrected chi connectivity index (χ0v) is 35.3. The molecule has 1 aliphatic carbocycles. The topological polar surface area (TPSA) is 154 Å². The van der Waals surface area contributed by atoms with Crippen molar-refractivity contribution < 1.29 is 28.7 Å². The van der Waals surface area contributed by atoms with Crippen LogP contribution in [0.4, 0.5) is 21.0 Å². The number of alkyl carbamates (subject to hydrolysis) is 1. The van der Waals surface area contributed by atoms with Gasteiger partial charge in [0.25, 0.3) is 0 Å². The Morgan fingerprint density at radius 3 is 1.92 bits per heavy atom. The molecule has 1 saturated heterocycles. The Hall–Kier alpha value is -5.59. The number of aliphatic imine (C=N–C) groups is 1. The third kappa shape index (κ3) is 12.7. The molecule has 3 aromatic carbocycles. The first kappa shape index (κ1) is 43.0. The number of ether oxygens (including phenoxy) is 2. The molecule has 3 amide bonds. The van der Waals surface area contributed by atoms with E-state index in [0.29, 0.717) is 44.2 Å². The minimum atomic E-state index is -0.567. The van der Waals surface area contributed by atoms with Crippen LogP contribution in [0.15, 0.2) is 88.0 Å². The maximum absolute atomic E-state index is 13.9. The lowest BCUT2D eigenvalue weighted by molar-refractivity contribution is -0.129. The molecule has 59 heavy (non-hydrogen) atoms. The van der Waals surface area contributed by atoms with Crippen LogP contribution >= 0.6 is 0 Å². The summed E-state index contributed by atoms with van der Waals surface area (Å²) >= 11 is 0. The number of amides is 3. The maximum Gasteiger partial charge on any atom is 0.410 e. The minimum Gasteiger partial charge on any atom is -0.444 e. The van der Waals surface area contributed by atoms with Crippen LogP contribution in [0, 0.1) is 17.8 Å². The normalized spacial score (nSPS) is 18.8. The van der Waals surface area contributed by atoms with Gasteiger partial charge in [0.1, 0.15) is 17.0 Å². The number of carbonyl (C=O) groups excluding carboxylic acids is 4. The van der Waals surface area contributed by atoms with E-state index >= 15 is 0 Å². The molecule has 0 bridgehead atoms. The van der Waals surface area contributed by atoms with Gasteiger partial charge in [-0.05, 0) is 133 Å². The summed E-state index contributed by atoms with van der Waals surface area (Å²) in [7, 11) is 0. The highest BCUT2D eigenvalue weighted by Crippen LogP contribution is 2.32. The standard InChI is InChI=1S/C46H59N7O6/c1-45(2,3)58-43(56)47-29-32-9-13-35(14-10-32)40(54)28-37(42(55)50-38-19-15-36(16-20-38)41-48-30-49-51-41)27-31-7-11-33(12-8-31)34-17-21-39(22-18-34)52-23-25-53(26-24-52)44(57)59-46(4,5)6/h7-8,11-12,15-22,32,35,37H,9-10,13-14,23-30H2,1-6H3,(H,47,56)(H,50,55)/t32?,35?,37-/m1/s1. The Bertz CT molecular complexity index is 1980. The fourth-order valence-corrected chi connectivity index (χ4v) is 7.68. The van der Waals surface area contributed by atoms with Gasteiger partial charge in [-0.2, -0.15) is 5.11 Å². The van der Waals surface area contributed by atoms with Gasteiger partial charge in [-0.3, -0.25) is 9.59 Å². The molecule has 2 aliphatic heterocycles. The molecule has 0 spiro atoms. The molecule has 1 atom stereocenters. The maximum atomic E-state index is 13.9. The van der Waals surface area contributed by atoms with E-state index in [0.717, 1.165) is 66.7 Å². The number of rotatable bonds is 12. The van der Waals surface area contributed by atoms with Crippen LogP contribution in [-0.4, -0.2) is 85.2 Å². The number of amidine groups is 1. The highest BCUT2D eigenvalue weighted by molar-refractivity contribution is 6.01. The second-order valence-corrected chi connectivity index (χ2v) is 17.8. The van der Waals surface area contributed by atoms with E-state index in [9.17, 15) is 19.2 Å². The van der Waals surface area contributed by atoms with Crippen LogP contribution in [-0.2, 0) is 25.5 Å². The largest absolute Gasteiger partial charge is 0.444 e. The van der Waals surface area contributed by atoms with Crippen LogP contribution in [0.1, 0.15) is 84.8 Å². The second kappa shape index (κ2) is 19.0. The molecular weight excluding hydrogens is 747 g/mol. The second-order valence-electron chi connectivity index (χ2n) is 17.8. The van der Waals surface area contributed by atoms with Gasteiger partial charge in [-0.15, -0.1) is 5.11 Å². The third-order valence-electron chi connectivity index (χ3n) is 10.8. The van der Waals surface area contributed by atoms with E-state index in [4.69, 9.17) is 9.47 Å². The average molecular weight is 806 g/mol. The molecule has 0 radical (unpaired) electrons. The number of nitrogens with one attached hydrogen (secondary N) is 2. The van der Waals surface area contributed by atoms with Gasteiger partial charge in [0, 0.05) is 67.9 Å². The predicted octanol–water partition coefficient (Wildman–Crippen LogP) is 8.67. The molecule has 1 saturated carbocycles. The molecule has 314 valence electrons. The van der Waals surface area contributed by atoms with Crippen molar-refractivity contribution in [1.29, 1.82) is 0 Å². The first-order valence-electron chi connectivity index (χ1n) is 20.8. The smallest absolute Gasteiger partial charge is 0.410 e. The summed E-state index contributed by atoms with van der Waals surface area (Å²) in [6.07, 6.45) is 2.97. The Morgan fingerprint density at radius 2 is 1.34 bits per heavy atom. The van der Waals surface area contributed by atoms with Crippen LogP contribution in [0.3, 0.4) is 0 Å². The number of carbonyl (C=O) groups is 4. The zero-order valence-electron chi connectivity index (χ0n) is 35.3. The number of ketones is 1. The number of hydrogen-bond acceptors (Lipinski definition) is 10. The number of hydrogen-bond donors (Lipinski definition) is 2. The summed E-state index contributed by atoms with van der Waals surface area (Å²) in [6.45, 7) is 14.7. The molecule has 3 aliphatic rings. The van der Waals surface area contributed by atoms with E-state index < -0.39 is 23.2 Å². The number of benzene rings is 3. The molecular formula is C46H59N7O6. The molecule has 13 nitrogen and oxygen atoms in total. The van der Waals surface area contributed by atoms with Crippen LogP contribution in [0.5, 0.6) is 0 Å². The summed E-state index contributed by atoms with van der Waals surface area (Å²) in [6, 6.07) is 24.0. The monoisotopic (exact) mass is 805 g/mol. The van der Waals surface area contributed by atoms with Crippen molar-refractivity contribution in [3.05, 3.63) is 83.9 Å². The first-order valence-corrected chi connectivity index (χ1v) is 20.8. The number of nitrogens with zero attached hydrogens (tertiary/aromatic N) is 5. The van der Waals surface area contributed by atoms with Crippen molar-refractivity contribution in [3.8, 4) is 11.1 Å². The molecule has 0 unspecified atom stereocenters. The lowest BCUT2D eigenvalue weighted by Crippen LogP contribution is -2.50. The SMILES string of the molecule is CC(C)(C)OC(=O)NCC1CCC(C(=O)C[C@@H](Cc2ccc(-c3ccc(N4CCN(C(=O)OC(C)(C)C)CC4)cc3)cc2)C(=O)Nc2ccc(C3=NCN=N3)cc2)CC1. The summed E-state index contributed by atoms with van der Waals surface area (Å²) in [5.41, 5.74) is 4.58. The summed E-state index contributed by atoms with van der Waals surface area (Å²) in [5.74, 6) is 0.0564. The van der Waals surface area contributed by atoms with Gasteiger partial charge in [-0.25, -0.2) is 14.6 Å². The van der Waals surface area contributed by atoms with Crippen molar-refractivity contribution in [2.24, 2.45) is 33.0 Å². The first-order chi connectivity index (χ1) is 28.1. The lowest BCUT2D eigenvalue weighted by Gasteiger charge is -2.36. The molecule has 2 N–H and O–H groups in total. The van der Waals surface area contributed by atoms with Gasteiger partial charge >= 0.3 is 12.2 Å². The highest BCUT2D eigenvalue weighted by atomic mass is 16.6. The summed E-state index contributed by atoms with van der Waals surface area (Å²) in [5, 5.41) is 13.9. The Kier molecular flexibility index (Phi) is 13.8. The summed E-state index contributed by atoms with van der Waals surface area (Å²) in [4.78, 5) is 60.8. The highest BCUT2D eigenvalue weighted by Gasteiger charge is 2.31. The van der Waals surface area contributed by atoms with Crippen molar-refractivity contribution in [3.63, 3.8) is 0 Å². The van der Waals surface area contributed by atoms with Gasteiger partial charge in [0.05, 0.1) is 0 Å². The number of Topliss-reactive ketones (excluding diaryl/α,β-unsaturated/α-hetero) is 1. The van der Waals surface area contributed by atoms with Gasteiger partial charge in [0.15, 0.2) is 12.5 Å². The predicted molar refractivity (Wildman–Crippen MR) is 230 cm³/mol. The van der Waals surface area contributed by atoms with Gasteiger partial charge < -0.3 is 29.9 Å². The van der Waals surface area contributed by atoms with E-state index in [-0.39, 0.29) is 36.0 Å². The lowest BCUT2D eigenvalue weighted by atomic mass is 9.77. The van der Waals surface area contributed by atoms with E-state index in [1.165, 1.54) is 0 Å². The molecule has 2 fully saturated rings. The fraction of sp³-hybridized carbons (Fsp3) is 0.500. The average Bonchev–Trinajstić information content (AvgIpc) is 3.75. The van der Waals surface area contributed by atoms with Crippen LogP contribution < -0.4 is 15.5 Å². The van der Waals surface area contributed by atoms with Crippen molar-refractivity contribution in [2.75, 3.05) is 49.6 Å². The van der Waals surface area contributed by atoms with Gasteiger partial charge in [0.2, 0.25) is 5.91 Å². The number of piperazine rings is 1. The van der Waals surface area contributed by atoms with Crippen LogP contribution in [0.2, 0.25) is 0 Å². The number of anilines is 2. The molecule has 13 heteroatoms. The van der Waals surface area contributed by atoms with E-state index in [1.807, 2.05) is 77.9 Å².